The predicted octanol–water partition coefficient (Wildman–Crippen LogP) is 3.10. The molecule has 0 aliphatic carbocycles. The van der Waals surface area contributed by atoms with Gasteiger partial charge in [0.1, 0.15) is 0 Å². The molecule has 0 N–H and O–H groups in total. The van der Waals surface area contributed by atoms with E-state index < -0.39 is 0 Å². The molecule has 2 amide bonds. The zero-order valence-corrected chi connectivity index (χ0v) is 17.3. The van der Waals surface area contributed by atoms with E-state index in [-0.39, 0.29) is 17.7 Å². The number of furan rings is 1. The molecular formula is C23H29N3O3. The highest BCUT2D eigenvalue weighted by molar-refractivity contribution is 5.92. The highest BCUT2D eigenvalue weighted by Gasteiger charge is 2.33. The van der Waals surface area contributed by atoms with Crippen LogP contribution in [-0.4, -0.2) is 60.9 Å². The minimum absolute atomic E-state index is 0.116. The Morgan fingerprint density at radius 2 is 1.76 bits per heavy atom. The fourth-order valence-electron chi connectivity index (χ4n) is 4.42. The number of carbonyl (C=O) groups excluding carboxylic acids is 2. The van der Waals surface area contributed by atoms with Crippen LogP contribution in [0, 0.1) is 19.8 Å². The number of hydrogen-bond donors (Lipinski definition) is 0. The summed E-state index contributed by atoms with van der Waals surface area (Å²) < 4.78 is 5.24. The minimum Gasteiger partial charge on any atom is -0.459 e. The molecule has 2 aliphatic rings. The van der Waals surface area contributed by atoms with Crippen molar-refractivity contribution < 1.29 is 14.0 Å². The number of carbonyl (C=O) groups is 2. The third kappa shape index (κ3) is 4.02. The lowest BCUT2D eigenvalue weighted by Gasteiger charge is -2.40. The monoisotopic (exact) mass is 395 g/mol. The van der Waals surface area contributed by atoms with Crippen molar-refractivity contribution in [3.8, 4) is 0 Å². The first-order chi connectivity index (χ1) is 14.0. The minimum atomic E-state index is -0.118. The highest BCUT2D eigenvalue weighted by Crippen LogP contribution is 2.25. The summed E-state index contributed by atoms with van der Waals surface area (Å²) in [5, 5.41) is 0. The summed E-state index contributed by atoms with van der Waals surface area (Å²) in [6.07, 6.45) is 3.21. The molecule has 1 aromatic heterocycles. The van der Waals surface area contributed by atoms with Gasteiger partial charge in [-0.25, -0.2) is 0 Å². The first-order valence-electron chi connectivity index (χ1n) is 10.5. The van der Waals surface area contributed by atoms with Crippen molar-refractivity contribution in [2.24, 2.45) is 5.92 Å². The van der Waals surface area contributed by atoms with Crippen molar-refractivity contribution >= 4 is 17.5 Å². The van der Waals surface area contributed by atoms with Gasteiger partial charge in [-0.1, -0.05) is 12.1 Å². The molecule has 0 saturated carbocycles. The van der Waals surface area contributed by atoms with Crippen LogP contribution in [0.25, 0.3) is 0 Å². The summed E-state index contributed by atoms with van der Waals surface area (Å²) in [7, 11) is 0. The summed E-state index contributed by atoms with van der Waals surface area (Å²) in [4.78, 5) is 31.8. The van der Waals surface area contributed by atoms with Crippen molar-refractivity contribution in [2.75, 3.05) is 44.2 Å². The second-order valence-electron chi connectivity index (χ2n) is 8.10. The van der Waals surface area contributed by atoms with Crippen LogP contribution in [0.2, 0.25) is 0 Å². The maximum Gasteiger partial charge on any atom is 0.289 e. The Hall–Kier alpha value is -2.76. The molecule has 0 bridgehead atoms. The lowest BCUT2D eigenvalue weighted by atomic mass is 9.96. The second kappa shape index (κ2) is 8.31. The summed E-state index contributed by atoms with van der Waals surface area (Å²) >= 11 is 0. The molecule has 154 valence electrons. The van der Waals surface area contributed by atoms with Crippen molar-refractivity contribution in [3.63, 3.8) is 0 Å². The van der Waals surface area contributed by atoms with Gasteiger partial charge in [0.05, 0.1) is 12.2 Å². The van der Waals surface area contributed by atoms with Crippen LogP contribution in [0.15, 0.2) is 41.0 Å². The molecule has 29 heavy (non-hydrogen) atoms. The fraction of sp³-hybridized carbons (Fsp3) is 0.478. The van der Waals surface area contributed by atoms with E-state index in [1.165, 1.54) is 23.1 Å². The van der Waals surface area contributed by atoms with Gasteiger partial charge in [-0.15, -0.1) is 0 Å². The van der Waals surface area contributed by atoms with Gasteiger partial charge in [0, 0.05) is 45.0 Å². The van der Waals surface area contributed by atoms with E-state index in [2.05, 4.69) is 36.9 Å². The molecule has 6 heteroatoms. The Morgan fingerprint density at radius 1 is 0.966 bits per heavy atom. The summed E-state index contributed by atoms with van der Waals surface area (Å²) in [5.74, 6) is 0.296. The average Bonchev–Trinajstić information content (AvgIpc) is 3.30. The third-order valence-corrected chi connectivity index (χ3v) is 6.30. The number of benzene rings is 1. The van der Waals surface area contributed by atoms with E-state index in [0.29, 0.717) is 18.8 Å². The molecule has 0 spiro atoms. The second-order valence-corrected chi connectivity index (χ2v) is 8.10. The van der Waals surface area contributed by atoms with E-state index in [9.17, 15) is 9.59 Å². The van der Waals surface area contributed by atoms with Crippen molar-refractivity contribution in [1.82, 2.24) is 9.80 Å². The Morgan fingerprint density at radius 3 is 2.48 bits per heavy atom. The molecule has 3 heterocycles. The van der Waals surface area contributed by atoms with Crippen LogP contribution in [-0.2, 0) is 4.79 Å². The maximum absolute atomic E-state index is 13.1. The zero-order valence-electron chi connectivity index (χ0n) is 17.3. The fourth-order valence-corrected chi connectivity index (χ4v) is 4.42. The Bertz CT molecular complexity index is 869. The van der Waals surface area contributed by atoms with Gasteiger partial charge in [-0.05, 0) is 56.0 Å². The number of anilines is 1. The van der Waals surface area contributed by atoms with Crippen LogP contribution < -0.4 is 4.90 Å². The van der Waals surface area contributed by atoms with Gasteiger partial charge in [-0.2, -0.15) is 0 Å². The van der Waals surface area contributed by atoms with E-state index in [0.717, 1.165) is 39.0 Å². The first kappa shape index (κ1) is 19.6. The SMILES string of the molecule is Cc1cccc(N2CCN(C(=O)C3CCCN(C(=O)c4ccco4)C3)CC2)c1C. The van der Waals surface area contributed by atoms with Gasteiger partial charge in [0.2, 0.25) is 5.91 Å². The van der Waals surface area contributed by atoms with Gasteiger partial charge in [0.15, 0.2) is 5.76 Å². The number of aryl methyl sites for hydroxylation is 1. The molecule has 1 atom stereocenters. The Kier molecular flexibility index (Phi) is 5.60. The normalized spacial score (nSPS) is 20.1. The number of piperazine rings is 1. The summed E-state index contributed by atoms with van der Waals surface area (Å²) in [5.41, 5.74) is 3.88. The van der Waals surface area contributed by atoms with Crippen LogP contribution >= 0.6 is 0 Å². The average molecular weight is 396 g/mol. The molecule has 1 unspecified atom stereocenters. The smallest absolute Gasteiger partial charge is 0.289 e. The molecule has 1 aromatic carbocycles. The Balaban J connectivity index is 1.35. The topological polar surface area (TPSA) is 57.0 Å². The van der Waals surface area contributed by atoms with Gasteiger partial charge in [0.25, 0.3) is 5.91 Å². The molecular weight excluding hydrogens is 366 g/mol. The van der Waals surface area contributed by atoms with Crippen LogP contribution in [0.1, 0.15) is 34.5 Å². The van der Waals surface area contributed by atoms with Gasteiger partial charge >= 0.3 is 0 Å². The van der Waals surface area contributed by atoms with Crippen molar-refractivity contribution in [2.45, 2.75) is 26.7 Å². The molecule has 2 fully saturated rings. The molecule has 2 aromatic rings. The first-order valence-corrected chi connectivity index (χ1v) is 10.5. The molecule has 2 aliphatic heterocycles. The predicted molar refractivity (Wildman–Crippen MR) is 112 cm³/mol. The van der Waals surface area contributed by atoms with Gasteiger partial charge in [-0.3, -0.25) is 9.59 Å². The van der Waals surface area contributed by atoms with Crippen LogP contribution in [0.3, 0.4) is 0 Å². The van der Waals surface area contributed by atoms with Crippen LogP contribution in [0.5, 0.6) is 0 Å². The number of hydrogen-bond acceptors (Lipinski definition) is 4. The Labute approximate surface area is 172 Å². The third-order valence-electron chi connectivity index (χ3n) is 6.30. The number of nitrogens with zero attached hydrogens (tertiary/aromatic N) is 3. The lowest BCUT2D eigenvalue weighted by molar-refractivity contribution is -0.137. The summed E-state index contributed by atoms with van der Waals surface area (Å²) in [6, 6.07) is 9.80. The van der Waals surface area contributed by atoms with E-state index in [1.807, 2.05) is 4.90 Å². The van der Waals surface area contributed by atoms with Crippen molar-refractivity contribution in [1.29, 1.82) is 0 Å². The van der Waals surface area contributed by atoms with E-state index in [1.54, 1.807) is 17.0 Å². The molecule has 4 rings (SSSR count). The number of likely N-dealkylation sites (tertiary alicyclic amines) is 1. The van der Waals surface area contributed by atoms with Crippen LogP contribution in [0.4, 0.5) is 5.69 Å². The number of piperidine rings is 1. The molecule has 2 saturated heterocycles. The maximum atomic E-state index is 13.1. The van der Waals surface area contributed by atoms with E-state index >= 15 is 0 Å². The molecule has 0 radical (unpaired) electrons. The largest absolute Gasteiger partial charge is 0.459 e. The lowest BCUT2D eigenvalue weighted by Crippen LogP contribution is -2.53. The van der Waals surface area contributed by atoms with E-state index in [4.69, 9.17) is 4.42 Å². The highest BCUT2D eigenvalue weighted by atomic mass is 16.3. The summed E-state index contributed by atoms with van der Waals surface area (Å²) in [6.45, 7) is 8.62. The quantitative estimate of drug-likeness (QED) is 0.801. The number of rotatable bonds is 3. The zero-order chi connectivity index (χ0) is 20.4. The standard InChI is InChI=1S/C23H29N3O3/c1-17-6-3-8-20(18(17)2)24-11-13-25(14-12-24)22(27)19-7-4-10-26(16-19)23(28)21-9-5-15-29-21/h3,5-6,8-9,15,19H,4,7,10-14,16H2,1-2H3. The number of amides is 2. The van der Waals surface area contributed by atoms with Gasteiger partial charge < -0.3 is 19.1 Å². The molecule has 6 nitrogen and oxygen atoms in total. The van der Waals surface area contributed by atoms with Crippen molar-refractivity contribution in [3.05, 3.63) is 53.5 Å².